The highest BCUT2D eigenvalue weighted by Crippen LogP contribution is 2.36. The molecule has 3 N–H and O–H groups in total. The van der Waals surface area contributed by atoms with Gasteiger partial charge >= 0.3 is 5.69 Å². The summed E-state index contributed by atoms with van der Waals surface area (Å²) in [6.07, 6.45) is 11.3. The molecule has 1 aliphatic rings. The number of nitrogens with one attached hydrogen (secondary N) is 1. The van der Waals surface area contributed by atoms with Crippen LogP contribution in [-0.4, -0.2) is 56.4 Å². The predicted octanol–water partition coefficient (Wildman–Crippen LogP) is 8.18. The van der Waals surface area contributed by atoms with Crippen LogP contribution in [0, 0.1) is 11.7 Å². The first kappa shape index (κ1) is 34.2. The van der Waals surface area contributed by atoms with E-state index in [2.05, 4.69) is 52.1 Å². The summed E-state index contributed by atoms with van der Waals surface area (Å²) in [7, 11) is 0. The van der Waals surface area contributed by atoms with Crippen molar-refractivity contribution in [1.82, 2.24) is 19.4 Å². The van der Waals surface area contributed by atoms with Crippen LogP contribution in [0.2, 0.25) is 5.02 Å². The number of aromatic nitrogens is 3. The van der Waals surface area contributed by atoms with Gasteiger partial charge in [0.2, 0.25) is 0 Å². The molecule has 4 aromatic rings. The van der Waals surface area contributed by atoms with E-state index in [1.165, 1.54) is 18.4 Å². The summed E-state index contributed by atoms with van der Waals surface area (Å²) in [5.41, 5.74) is 9.72. The number of likely N-dealkylation sites (tertiary alicyclic amines) is 1. The highest BCUT2D eigenvalue weighted by Gasteiger charge is 2.31. The van der Waals surface area contributed by atoms with Crippen molar-refractivity contribution in [2.45, 2.75) is 77.8 Å². The minimum absolute atomic E-state index is 0.0961. The third-order valence-corrected chi connectivity index (χ3v) is 9.82. The van der Waals surface area contributed by atoms with Crippen LogP contribution >= 0.6 is 23.4 Å². The summed E-state index contributed by atoms with van der Waals surface area (Å²) in [5, 5.41) is 0.812. The number of hydrogen-bond donors (Lipinski definition) is 2. The van der Waals surface area contributed by atoms with Crippen LogP contribution < -0.4 is 11.4 Å². The molecule has 1 saturated heterocycles. The molecule has 2 aromatic heterocycles. The number of benzene rings is 2. The minimum atomic E-state index is -0.481. The van der Waals surface area contributed by atoms with Gasteiger partial charge in [-0.2, -0.15) is 16.7 Å². The maximum atomic E-state index is 15.2. The quantitative estimate of drug-likeness (QED) is 0.111. The molecular weight excluding hydrogens is 619 g/mol. The molecule has 5 rings (SSSR count). The number of halogens is 2. The second kappa shape index (κ2) is 15.6. The van der Waals surface area contributed by atoms with Gasteiger partial charge in [0.15, 0.2) is 5.82 Å². The van der Waals surface area contributed by atoms with E-state index in [0.29, 0.717) is 46.1 Å². The van der Waals surface area contributed by atoms with E-state index >= 15 is 4.39 Å². The fraction of sp³-hybridized carbons (Fsp3) is 0.472. The SMILES string of the molecule is CSCCN1C(CCN=C(C)N)CCCC1c1ccc(-n2cc3cc(-c4cc(CCCC(C)C)cc(Cl)c4F)[nH]c3nc2=O)cc1. The zero-order chi connectivity index (χ0) is 32.8. The Labute approximate surface area is 280 Å². The van der Waals surface area contributed by atoms with Gasteiger partial charge in [-0.25, -0.2) is 9.18 Å². The number of hydrogen-bond acceptors (Lipinski definition) is 5. The van der Waals surface area contributed by atoms with Crippen LogP contribution in [-0.2, 0) is 6.42 Å². The fourth-order valence-corrected chi connectivity index (χ4v) is 7.24. The molecule has 46 heavy (non-hydrogen) atoms. The number of amidine groups is 1. The molecular formula is C36H46ClFN6OS. The maximum Gasteiger partial charge on any atom is 0.354 e. The van der Waals surface area contributed by atoms with Gasteiger partial charge in [-0.05, 0) is 99.1 Å². The van der Waals surface area contributed by atoms with Crippen LogP contribution in [0.1, 0.15) is 76.5 Å². The van der Waals surface area contributed by atoms with Gasteiger partial charge in [-0.3, -0.25) is 14.5 Å². The van der Waals surface area contributed by atoms with Gasteiger partial charge in [0.05, 0.1) is 22.2 Å². The van der Waals surface area contributed by atoms with Crippen LogP contribution in [0.4, 0.5) is 4.39 Å². The van der Waals surface area contributed by atoms with E-state index in [-0.39, 0.29) is 5.02 Å². The van der Waals surface area contributed by atoms with Crippen molar-refractivity contribution < 1.29 is 4.39 Å². The number of piperidine rings is 1. The van der Waals surface area contributed by atoms with Gasteiger partial charge in [0, 0.05) is 48.1 Å². The number of nitrogens with two attached hydrogens (primary N) is 1. The lowest BCUT2D eigenvalue weighted by molar-refractivity contribution is 0.0860. The molecule has 10 heteroatoms. The Morgan fingerprint density at radius 1 is 1.22 bits per heavy atom. The number of aryl methyl sites for hydroxylation is 1. The van der Waals surface area contributed by atoms with E-state index in [1.807, 2.05) is 43.0 Å². The second-order valence-corrected chi connectivity index (χ2v) is 14.2. The Bertz CT molecular complexity index is 1710. The number of aliphatic imine (C=N–C) groups is 1. The number of fused-ring (bicyclic) bond motifs is 1. The molecule has 2 unspecified atom stereocenters. The van der Waals surface area contributed by atoms with Crippen molar-refractivity contribution in [2.24, 2.45) is 16.6 Å². The first-order chi connectivity index (χ1) is 22.1. The Hall–Kier alpha value is -3.14. The Morgan fingerprint density at radius 3 is 2.72 bits per heavy atom. The number of H-pyrrole nitrogens is 1. The molecule has 0 saturated carbocycles. The van der Waals surface area contributed by atoms with Crippen molar-refractivity contribution in [2.75, 3.05) is 25.1 Å². The Kier molecular flexibility index (Phi) is 11.6. The summed E-state index contributed by atoms with van der Waals surface area (Å²) < 4.78 is 16.8. The van der Waals surface area contributed by atoms with E-state index in [9.17, 15) is 4.79 Å². The van der Waals surface area contributed by atoms with Gasteiger partial charge in [0.25, 0.3) is 0 Å². The van der Waals surface area contributed by atoms with Gasteiger partial charge in [-0.1, -0.05) is 44.0 Å². The number of aromatic amines is 1. The normalized spacial score (nSPS) is 17.8. The van der Waals surface area contributed by atoms with Gasteiger partial charge < -0.3 is 10.7 Å². The molecule has 1 aliphatic heterocycles. The number of rotatable bonds is 13. The third kappa shape index (κ3) is 8.22. The molecule has 0 amide bonds. The highest BCUT2D eigenvalue weighted by molar-refractivity contribution is 7.98. The van der Waals surface area contributed by atoms with Crippen LogP contribution in [0.15, 0.2) is 58.4 Å². The van der Waals surface area contributed by atoms with E-state index < -0.39 is 11.5 Å². The first-order valence-corrected chi connectivity index (χ1v) is 18.1. The average molecular weight is 665 g/mol. The molecule has 2 aromatic carbocycles. The summed E-state index contributed by atoms with van der Waals surface area (Å²) in [6, 6.07) is 14.4. The van der Waals surface area contributed by atoms with Crippen molar-refractivity contribution in [3.8, 4) is 16.9 Å². The van der Waals surface area contributed by atoms with Crippen LogP contribution in [0.25, 0.3) is 28.0 Å². The summed E-state index contributed by atoms with van der Waals surface area (Å²) >= 11 is 8.18. The summed E-state index contributed by atoms with van der Waals surface area (Å²) in [4.78, 5) is 27.7. The van der Waals surface area contributed by atoms with Gasteiger partial charge in [0.1, 0.15) is 5.65 Å². The van der Waals surface area contributed by atoms with Crippen molar-refractivity contribution in [3.63, 3.8) is 0 Å². The third-order valence-electron chi connectivity index (χ3n) is 8.95. The largest absolute Gasteiger partial charge is 0.388 e. The van der Waals surface area contributed by atoms with Crippen molar-refractivity contribution >= 4 is 40.2 Å². The lowest BCUT2D eigenvalue weighted by Crippen LogP contribution is -2.43. The maximum absolute atomic E-state index is 15.2. The van der Waals surface area contributed by atoms with Gasteiger partial charge in [-0.15, -0.1) is 0 Å². The van der Waals surface area contributed by atoms with E-state index in [0.717, 1.165) is 62.2 Å². The second-order valence-electron chi connectivity index (χ2n) is 12.8. The van der Waals surface area contributed by atoms with Crippen molar-refractivity contribution in [1.29, 1.82) is 0 Å². The molecule has 3 heterocycles. The zero-order valence-corrected chi connectivity index (χ0v) is 28.9. The topological polar surface area (TPSA) is 92.3 Å². The predicted molar refractivity (Wildman–Crippen MR) is 192 cm³/mol. The summed E-state index contributed by atoms with van der Waals surface area (Å²) in [5.74, 6) is 1.83. The fourth-order valence-electron chi connectivity index (χ4n) is 6.61. The molecule has 0 spiro atoms. The lowest BCUT2D eigenvalue weighted by Gasteiger charge is -2.42. The minimum Gasteiger partial charge on any atom is -0.388 e. The molecule has 2 atom stereocenters. The summed E-state index contributed by atoms with van der Waals surface area (Å²) in [6.45, 7) is 8.00. The molecule has 7 nitrogen and oxygen atoms in total. The number of thioether (sulfide) groups is 1. The van der Waals surface area contributed by atoms with E-state index in [1.54, 1.807) is 16.8 Å². The Morgan fingerprint density at radius 2 is 2.00 bits per heavy atom. The smallest absolute Gasteiger partial charge is 0.354 e. The van der Waals surface area contributed by atoms with Crippen LogP contribution in [0.5, 0.6) is 0 Å². The monoisotopic (exact) mass is 664 g/mol. The molecule has 0 aliphatic carbocycles. The molecule has 246 valence electrons. The number of nitrogens with zero attached hydrogens (tertiary/aromatic N) is 4. The lowest BCUT2D eigenvalue weighted by atomic mass is 9.89. The highest BCUT2D eigenvalue weighted by atomic mass is 35.5. The van der Waals surface area contributed by atoms with Crippen LogP contribution in [0.3, 0.4) is 0 Å². The average Bonchev–Trinajstić information content (AvgIpc) is 3.43. The molecule has 0 bridgehead atoms. The molecule has 0 radical (unpaired) electrons. The standard InChI is InChI=1S/C36H46ClFN6OS/c1-23(2)7-5-8-25-19-30(34(38)31(37)20-25)32-21-27-22-44(36(45)42-35(27)41-32)29-13-11-26(12-14-29)33-10-6-9-28(15-16-40-24(3)39)43(33)17-18-46-4/h11-14,19-23,28,33H,5-10,15-18H2,1-4H3,(H2,39,40)(H,41,42,45). The Balaban J connectivity index is 1.39. The van der Waals surface area contributed by atoms with Crippen molar-refractivity contribution in [3.05, 3.63) is 81.1 Å². The van der Waals surface area contributed by atoms with E-state index in [4.69, 9.17) is 17.3 Å². The first-order valence-electron chi connectivity index (χ1n) is 16.4. The zero-order valence-electron chi connectivity index (χ0n) is 27.4. The molecule has 1 fully saturated rings.